The molecule has 0 fully saturated rings. The second kappa shape index (κ2) is 5.87. The van der Waals surface area contributed by atoms with Crippen LogP contribution in [0.2, 0.25) is 0 Å². The monoisotopic (exact) mass is 334 g/mol. The van der Waals surface area contributed by atoms with Gasteiger partial charge in [0.2, 0.25) is 0 Å². The molecule has 116 valence electrons. The smallest absolute Gasteiger partial charge is 0.252 e. The van der Waals surface area contributed by atoms with Gasteiger partial charge < -0.3 is 4.98 Å². The van der Waals surface area contributed by atoms with Gasteiger partial charge in [0.1, 0.15) is 4.21 Å². The molecule has 0 spiro atoms. The van der Waals surface area contributed by atoms with Crippen LogP contribution in [0.4, 0.5) is 0 Å². The molecule has 22 heavy (non-hydrogen) atoms. The van der Waals surface area contributed by atoms with Crippen molar-refractivity contribution < 1.29 is 8.42 Å². The Balaban J connectivity index is 1.76. The molecule has 0 aliphatic heterocycles. The number of hydrogen-bond acceptors (Lipinski definition) is 3. The Morgan fingerprint density at radius 2 is 1.95 bits per heavy atom. The molecular weight excluding hydrogens is 316 g/mol. The maximum Gasteiger partial charge on any atom is 0.252 e. The van der Waals surface area contributed by atoms with Gasteiger partial charge in [-0.3, -0.25) is 0 Å². The first-order valence-electron chi connectivity index (χ1n) is 7.06. The Hall–Kier alpha value is -1.63. The van der Waals surface area contributed by atoms with E-state index in [1.807, 2.05) is 37.4 Å². The van der Waals surface area contributed by atoms with Crippen LogP contribution in [0, 0.1) is 6.92 Å². The van der Waals surface area contributed by atoms with E-state index >= 15 is 0 Å². The summed E-state index contributed by atoms with van der Waals surface area (Å²) in [4.78, 5) is 4.22. The third-order valence-electron chi connectivity index (χ3n) is 3.75. The zero-order chi connectivity index (χ0) is 15.7. The molecule has 3 rings (SSSR count). The molecule has 0 aliphatic carbocycles. The van der Waals surface area contributed by atoms with Gasteiger partial charge in [0, 0.05) is 35.6 Å². The van der Waals surface area contributed by atoms with Gasteiger partial charge in [-0.25, -0.2) is 8.42 Å². The minimum atomic E-state index is -3.38. The molecule has 0 saturated heterocycles. The van der Waals surface area contributed by atoms with Crippen LogP contribution in [0.25, 0.3) is 10.9 Å². The Bertz CT molecular complexity index is 894. The number of para-hydroxylation sites is 1. The predicted octanol–water partition coefficient (Wildman–Crippen LogP) is 3.40. The lowest BCUT2D eigenvalue weighted by Gasteiger charge is -2.15. The van der Waals surface area contributed by atoms with Crippen LogP contribution in [0.5, 0.6) is 0 Å². The standard InChI is InChI=1S/C16H18N2O2S2/c1-12-7-8-16(21-12)22(19,20)18(2)10-9-13-11-17-15-6-4-3-5-14(13)15/h3-8,11,17H,9-10H2,1-2H3. The third kappa shape index (κ3) is 2.82. The number of aryl methyl sites for hydroxylation is 1. The number of hydrogen-bond donors (Lipinski definition) is 1. The first-order valence-corrected chi connectivity index (χ1v) is 9.32. The summed E-state index contributed by atoms with van der Waals surface area (Å²) in [5.41, 5.74) is 2.22. The summed E-state index contributed by atoms with van der Waals surface area (Å²) >= 11 is 1.31. The number of aromatic nitrogens is 1. The van der Waals surface area contributed by atoms with Crippen molar-refractivity contribution in [3.05, 3.63) is 53.0 Å². The van der Waals surface area contributed by atoms with E-state index in [1.54, 1.807) is 13.1 Å². The van der Waals surface area contributed by atoms with E-state index in [-0.39, 0.29) is 0 Å². The summed E-state index contributed by atoms with van der Waals surface area (Å²) in [5.74, 6) is 0. The summed E-state index contributed by atoms with van der Waals surface area (Å²) in [5, 5.41) is 1.15. The number of H-pyrrole nitrogens is 1. The molecule has 0 saturated carbocycles. The summed E-state index contributed by atoms with van der Waals surface area (Å²) in [6.45, 7) is 2.37. The van der Waals surface area contributed by atoms with E-state index < -0.39 is 10.0 Å². The molecule has 1 N–H and O–H groups in total. The molecule has 1 aromatic carbocycles. The van der Waals surface area contributed by atoms with Gasteiger partial charge in [-0.15, -0.1) is 11.3 Å². The number of benzene rings is 1. The number of nitrogens with zero attached hydrogens (tertiary/aromatic N) is 1. The van der Waals surface area contributed by atoms with Crippen LogP contribution in [-0.2, 0) is 16.4 Å². The van der Waals surface area contributed by atoms with Gasteiger partial charge in [0.05, 0.1) is 0 Å². The molecule has 0 bridgehead atoms. The highest BCUT2D eigenvalue weighted by Gasteiger charge is 2.22. The number of nitrogens with one attached hydrogen (secondary N) is 1. The fourth-order valence-corrected chi connectivity index (χ4v) is 5.11. The Morgan fingerprint density at radius 3 is 2.68 bits per heavy atom. The van der Waals surface area contributed by atoms with Gasteiger partial charge in [-0.2, -0.15) is 4.31 Å². The third-order valence-corrected chi connectivity index (χ3v) is 7.08. The minimum Gasteiger partial charge on any atom is -0.361 e. The Kier molecular flexibility index (Phi) is 4.08. The van der Waals surface area contributed by atoms with Crippen molar-refractivity contribution in [3.8, 4) is 0 Å². The molecule has 2 heterocycles. The van der Waals surface area contributed by atoms with Crippen LogP contribution in [-0.4, -0.2) is 31.3 Å². The highest BCUT2D eigenvalue weighted by Crippen LogP contribution is 2.24. The summed E-state index contributed by atoms with van der Waals surface area (Å²) in [7, 11) is -1.74. The lowest BCUT2D eigenvalue weighted by molar-refractivity contribution is 0.474. The Morgan fingerprint density at radius 1 is 1.18 bits per heavy atom. The number of sulfonamides is 1. The van der Waals surface area contributed by atoms with Crippen molar-refractivity contribution in [1.82, 2.24) is 9.29 Å². The van der Waals surface area contributed by atoms with Crippen LogP contribution in [0.1, 0.15) is 10.4 Å². The van der Waals surface area contributed by atoms with E-state index in [4.69, 9.17) is 0 Å². The quantitative estimate of drug-likeness (QED) is 0.777. The highest BCUT2D eigenvalue weighted by molar-refractivity contribution is 7.91. The first kappa shape index (κ1) is 15.3. The molecule has 3 aromatic rings. The van der Waals surface area contributed by atoms with E-state index in [0.29, 0.717) is 17.2 Å². The van der Waals surface area contributed by atoms with Crippen molar-refractivity contribution in [3.63, 3.8) is 0 Å². The lowest BCUT2D eigenvalue weighted by Crippen LogP contribution is -2.28. The van der Waals surface area contributed by atoms with Crippen LogP contribution < -0.4 is 0 Å². The van der Waals surface area contributed by atoms with Crippen LogP contribution >= 0.6 is 11.3 Å². The number of fused-ring (bicyclic) bond motifs is 1. The normalized spacial score (nSPS) is 12.3. The van der Waals surface area contributed by atoms with Crippen molar-refractivity contribution >= 4 is 32.3 Å². The summed E-state index contributed by atoms with van der Waals surface area (Å²) < 4.78 is 26.8. The van der Waals surface area contributed by atoms with Crippen LogP contribution in [0.3, 0.4) is 0 Å². The topological polar surface area (TPSA) is 53.2 Å². The zero-order valence-electron chi connectivity index (χ0n) is 12.5. The first-order chi connectivity index (χ1) is 10.5. The molecular formula is C16H18N2O2S2. The van der Waals surface area contributed by atoms with E-state index in [2.05, 4.69) is 11.1 Å². The van der Waals surface area contributed by atoms with E-state index in [1.165, 1.54) is 15.6 Å². The van der Waals surface area contributed by atoms with Crippen molar-refractivity contribution in [2.45, 2.75) is 17.6 Å². The fourth-order valence-electron chi connectivity index (χ4n) is 2.44. The van der Waals surface area contributed by atoms with E-state index in [9.17, 15) is 8.42 Å². The largest absolute Gasteiger partial charge is 0.361 e. The summed E-state index contributed by atoms with van der Waals surface area (Å²) in [6.07, 6.45) is 2.64. The maximum atomic E-state index is 12.5. The Labute approximate surface area is 134 Å². The van der Waals surface area contributed by atoms with Gasteiger partial charge in [-0.1, -0.05) is 18.2 Å². The number of likely N-dealkylation sites (N-methyl/N-ethyl adjacent to an activating group) is 1. The predicted molar refractivity (Wildman–Crippen MR) is 90.9 cm³/mol. The molecule has 0 amide bonds. The van der Waals surface area contributed by atoms with Gasteiger partial charge in [0.15, 0.2) is 0 Å². The van der Waals surface area contributed by atoms with Crippen LogP contribution in [0.15, 0.2) is 46.8 Å². The molecule has 4 nitrogen and oxygen atoms in total. The fraction of sp³-hybridized carbons (Fsp3) is 0.250. The molecule has 0 unspecified atom stereocenters. The molecule has 0 radical (unpaired) electrons. The van der Waals surface area contributed by atoms with Crippen molar-refractivity contribution in [2.24, 2.45) is 0 Å². The number of rotatable bonds is 5. The van der Waals surface area contributed by atoms with Gasteiger partial charge in [0.25, 0.3) is 10.0 Å². The summed E-state index contributed by atoms with van der Waals surface area (Å²) in [6, 6.07) is 11.6. The van der Waals surface area contributed by atoms with Gasteiger partial charge >= 0.3 is 0 Å². The highest BCUT2D eigenvalue weighted by atomic mass is 32.2. The van der Waals surface area contributed by atoms with E-state index in [0.717, 1.165) is 21.3 Å². The average molecular weight is 334 g/mol. The average Bonchev–Trinajstić information content (AvgIpc) is 3.11. The minimum absolute atomic E-state index is 0.409. The number of thiophene rings is 1. The van der Waals surface area contributed by atoms with Crippen molar-refractivity contribution in [2.75, 3.05) is 13.6 Å². The van der Waals surface area contributed by atoms with Gasteiger partial charge in [-0.05, 0) is 37.1 Å². The number of aromatic amines is 1. The maximum absolute atomic E-state index is 12.5. The molecule has 2 aromatic heterocycles. The second-order valence-electron chi connectivity index (χ2n) is 5.30. The SMILES string of the molecule is Cc1ccc(S(=O)(=O)N(C)CCc2c[nH]c3ccccc23)s1. The van der Waals surface area contributed by atoms with Crippen molar-refractivity contribution in [1.29, 1.82) is 0 Å². The second-order valence-corrected chi connectivity index (χ2v) is 8.86. The molecule has 0 aliphatic rings. The molecule has 6 heteroatoms. The molecule has 0 atom stereocenters. The zero-order valence-corrected chi connectivity index (χ0v) is 14.2. The lowest BCUT2D eigenvalue weighted by atomic mass is 10.1.